The summed E-state index contributed by atoms with van der Waals surface area (Å²) in [5, 5.41) is 10.3. The molecule has 7 heteroatoms. The van der Waals surface area contributed by atoms with E-state index in [-0.39, 0.29) is 18.0 Å². The Kier molecular flexibility index (Phi) is 6.39. The summed E-state index contributed by atoms with van der Waals surface area (Å²) in [6.45, 7) is 3.80. The molecule has 2 aromatic rings. The zero-order valence-corrected chi connectivity index (χ0v) is 15.8. The van der Waals surface area contributed by atoms with Crippen molar-refractivity contribution >= 4 is 27.7 Å². The van der Waals surface area contributed by atoms with E-state index in [9.17, 15) is 14.4 Å². The first kappa shape index (κ1) is 19.2. The summed E-state index contributed by atoms with van der Waals surface area (Å²) in [5.74, 6) is -0.344. The van der Waals surface area contributed by atoms with Crippen LogP contribution in [0.4, 0.5) is 14.9 Å². The van der Waals surface area contributed by atoms with E-state index in [1.165, 1.54) is 12.1 Å². The third-order valence-electron chi connectivity index (χ3n) is 3.81. The molecule has 0 aromatic heterocycles. The van der Waals surface area contributed by atoms with Crippen LogP contribution >= 0.6 is 15.9 Å². The summed E-state index contributed by atoms with van der Waals surface area (Å²) in [5.41, 5.74) is 2.51. The van der Waals surface area contributed by atoms with Crippen LogP contribution < -0.4 is 9.80 Å². The van der Waals surface area contributed by atoms with Crippen LogP contribution in [0.3, 0.4) is 0 Å². The highest BCUT2D eigenvalue weighted by Crippen LogP contribution is 2.30. The highest BCUT2D eigenvalue weighted by molar-refractivity contribution is 9.10. The minimum absolute atomic E-state index is 0.0490. The number of amides is 1. The van der Waals surface area contributed by atoms with Crippen LogP contribution in [-0.2, 0) is 17.8 Å². The molecule has 0 aliphatic rings. The molecule has 5 nitrogen and oxygen atoms in total. The minimum atomic E-state index is -0.936. The molecule has 1 amide bonds. The summed E-state index contributed by atoms with van der Waals surface area (Å²) < 4.78 is 24.9. The predicted molar refractivity (Wildman–Crippen MR) is 95.7 cm³/mol. The predicted octanol–water partition coefficient (Wildman–Crippen LogP) is 5.00. The zero-order valence-electron chi connectivity index (χ0n) is 14.2. The Labute approximate surface area is 154 Å². The first-order valence-corrected chi connectivity index (χ1v) is 8.44. The van der Waals surface area contributed by atoms with Gasteiger partial charge in [-0.25, -0.2) is 9.18 Å². The Morgan fingerprint density at radius 3 is 2.72 bits per heavy atom. The number of benzene rings is 2. The molecular formula is C18H19BrFNO4. The Hall–Kier alpha value is -2.12. The first-order valence-electron chi connectivity index (χ1n) is 7.65. The number of rotatable bonds is 5. The number of hydrogen-bond acceptors (Lipinski definition) is 4. The van der Waals surface area contributed by atoms with E-state index in [1.807, 2.05) is 13.8 Å². The average Bonchev–Trinajstić information content (AvgIpc) is 2.61. The van der Waals surface area contributed by atoms with Crippen molar-refractivity contribution in [3.05, 3.63) is 57.3 Å². The van der Waals surface area contributed by atoms with E-state index in [4.69, 9.17) is 4.74 Å². The number of methoxy groups -OCH3 is 1. The Bertz CT molecular complexity index is 782. The van der Waals surface area contributed by atoms with Crippen molar-refractivity contribution in [1.29, 1.82) is 0 Å². The van der Waals surface area contributed by atoms with Crippen LogP contribution in [0.15, 0.2) is 34.8 Å². The highest BCUT2D eigenvalue weighted by atomic mass is 79.9. The van der Waals surface area contributed by atoms with Gasteiger partial charge in [-0.3, -0.25) is 5.21 Å². The van der Waals surface area contributed by atoms with Crippen LogP contribution in [0.5, 0.6) is 5.75 Å². The smallest absolute Gasteiger partial charge is 0.438 e. The van der Waals surface area contributed by atoms with Crippen molar-refractivity contribution in [2.24, 2.45) is 0 Å². The molecular weight excluding hydrogens is 393 g/mol. The molecule has 0 aliphatic carbocycles. The molecule has 0 bridgehead atoms. The molecule has 0 radical (unpaired) electrons. The van der Waals surface area contributed by atoms with Gasteiger partial charge in [-0.1, -0.05) is 28.9 Å². The fourth-order valence-electron chi connectivity index (χ4n) is 2.41. The number of carbonyl (C=O) groups excluding carboxylic acids is 1. The van der Waals surface area contributed by atoms with Crippen LogP contribution in [-0.4, -0.2) is 18.4 Å². The molecule has 0 heterocycles. The Balaban J connectivity index is 2.30. The van der Waals surface area contributed by atoms with Crippen molar-refractivity contribution in [2.45, 2.75) is 26.9 Å². The molecule has 2 aromatic carbocycles. The third kappa shape index (κ3) is 4.29. The van der Waals surface area contributed by atoms with Crippen LogP contribution in [0.1, 0.15) is 23.6 Å². The van der Waals surface area contributed by atoms with Crippen molar-refractivity contribution in [3.8, 4) is 5.75 Å². The lowest BCUT2D eigenvalue weighted by molar-refractivity contribution is 0.140. The van der Waals surface area contributed by atoms with Gasteiger partial charge in [0.15, 0.2) is 11.6 Å². The van der Waals surface area contributed by atoms with Crippen molar-refractivity contribution in [1.82, 2.24) is 0 Å². The largest absolute Gasteiger partial charge is 0.486 e. The fraction of sp³-hybridized carbons (Fsp3) is 0.278. The van der Waals surface area contributed by atoms with Gasteiger partial charge in [0.2, 0.25) is 0 Å². The van der Waals surface area contributed by atoms with Gasteiger partial charge in [-0.15, -0.1) is 0 Å². The summed E-state index contributed by atoms with van der Waals surface area (Å²) in [6, 6.07) is 8.01. The van der Waals surface area contributed by atoms with Gasteiger partial charge in [0, 0.05) is 10.0 Å². The van der Waals surface area contributed by atoms with E-state index in [0.29, 0.717) is 15.1 Å². The number of nitrogens with zero attached hydrogens (tertiary/aromatic N) is 1. The maximum atomic E-state index is 14.2. The summed E-state index contributed by atoms with van der Waals surface area (Å²) in [7, 11) is 1.16. The highest BCUT2D eigenvalue weighted by Gasteiger charge is 2.20. The number of hydrogen-bond donors (Lipinski definition) is 1. The average molecular weight is 412 g/mol. The minimum Gasteiger partial charge on any atom is -0.486 e. The second-order valence-corrected chi connectivity index (χ2v) is 6.23. The molecule has 0 aliphatic heterocycles. The van der Waals surface area contributed by atoms with E-state index < -0.39 is 11.9 Å². The second-order valence-electron chi connectivity index (χ2n) is 5.37. The van der Waals surface area contributed by atoms with Crippen molar-refractivity contribution in [2.75, 3.05) is 12.2 Å². The topological polar surface area (TPSA) is 59.0 Å². The molecule has 1 N–H and O–H groups in total. The number of halogens is 2. The maximum absolute atomic E-state index is 14.2. The number of aryl methyl sites for hydroxylation is 2. The molecule has 134 valence electrons. The van der Waals surface area contributed by atoms with E-state index in [1.54, 1.807) is 18.2 Å². The lowest BCUT2D eigenvalue weighted by Crippen LogP contribution is -2.28. The summed E-state index contributed by atoms with van der Waals surface area (Å²) >= 11 is 3.35. The number of hydroxylamine groups is 1. The normalized spacial score (nSPS) is 10.5. The van der Waals surface area contributed by atoms with Gasteiger partial charge in [-0.05, 0) is 48.7 Å². The fourth-order valence-corrected chi connectivity index (χ4v) is 2.88. The molecule has 0 fully saturated rings. The Morgan fingerprint density at radius 1 is 1.36 bits per heavy atom. The number of ether oxygens (including phenoxy) is 2. The maximum Gasteiger partial charge on any atom is 0.438 e. The SMILES string of the molecule is CCc1cc(F)c(OCc2c(Br)cccc2N(O)C(=O)OC)cc1C. The van der Waals surface area contributed by atoms with Gasteiger partial charge in [0.1, 0.15) is 6.61 Å². The lowest BCUT2D eigenvalue weighted by Gasteiger charge is -2.19. The van der Waals surface area contributed by atoms with Gasteiger partial charge < -0.3 is 9.47 Å². The van der Waals surface area contributed by atoms with Crippen LogP contribution in [0.25, 0.3) is 0 Å². The van der Waals surface area contributed by atoms with Gasteiger partial charge in [0.25, 0.3) is 0 Å². The van der Waals surface area contributed by atoms with Crippen molar-refractivity contribution < 1.29 is 23.9 Å². The summed E-state index contributed by atoms with van der Waals surface area (Å²) in [6.07, 6.45) is -0.204. The second kappa shape index (κ2) is 8.31. The molecule has 0 spiro atoms. The van der Waals surface area contributed by atoms with Gasteiger partial charge >= 0.3 is 6.09 Å². The van der Waals surface area contributed by atoms with Gasteiger partial charge in [0.05, 0.1) is 12.8 Å². The number of carbonyl (C=O) groups is 1. The standard InChI is InChI=1S/C18H19BrFNO4/c1-4-12-9-15(20)17(8-11(12)2)25-10-13-14(19)6-5-7-16(13)21(23)18(22)24-3/h5-9,23H,4,10H2,1-3H3. The third-order valence-corrected chi connectivity index (χ3v) is 4.56. The van der Waals surface area contributed by atoms with E-state index >= 15 is 0 Å². The summed E-state index contributed by atoms with van der Waals surface area (Å²) in [4.78, 5) is 11.6. The molecule has 0 saturated heterocycles. The lowest BCUT2D eigenvalue weighted by atomic mass is 10.1. The van der Waals surface area contributed by atoms with Crippen LogP contribution in [0, 0.1) is 12.7 Å². The van der Waals surface area contributed by atoms with Gasteiger partial charge in [-0.2, -0.15) is 5.06 Å². The molecule has 0 atom stereocenters. The Morgan fingerprint density at radius 2 is 2.08 bits per heavy atom. The monoisotopic (exact) mass is 411 g/mol. The molecule has 0 saturated carbocycles. The first-order chi connectivity index (χ1) is 11.9. The van der Waals surface area contributed by atoms with Crippen molar-refractivity contribution in [3.63, 3.8) is 0 Å². The quantitative estimate of drug-likeness (QED) is 0.555. The molecule has 25 heavy (non-hydrogen) atoms. The molecule has 2 rings (SSSR count). The van der Waals surface area contributed by atoms with Crippen LogP contribution in [0.2, 0.25) is 0 Å². The number of anilines is 1. The van der Waals surface area contributed by atoms with E-state index in [2.05, 4.69) is 20.7 Å². The molecule has 0 unspecified atom stereocenters. The zero-order chi connectivity index (χ0) is 18.6. The van der Waals surface area contributed by atoms with E-state index in [0.717, 1.165) is 24.7 Å².